The molecule has 0 aliphatic heterocycles. The minimum absolute atomic E-state index is 0.162. The van der Waals surface area contributed by atoms with E-state index in [0.717, 1.165) is 6.20 Å². The van der Waals surface area contributed by atoms with E-state index in [1.165, 1.54) is 24.6 Å². The van der Waals surface area contributed by atoms with Gasteiger partial charge in [0.05, 0.1) is 7.05 Å². The standard InChI is InChI=1S/C16H13N3O5/c1-9(20)24-13-5-3-4-11-12(13)6-10(16(11)21)7-14-17-8-15(18(14)2)19(22)23/h3-5,7-8H,6H2,1-2H3. The Balaban J connectivity index is 1.99. The molecular weight excluding hydrogens is 314 g/mol. The number of fused-ring (bicyclic) bond motifs is 1. The smallest absolute Gasteiger partial charge is 0.342 e. The molecule has 3 rings (SSSR count). The highest BCUT2D eigenvalue weighted by Crippen LogP contribution is 2.34. The zero-order valence-corrected chi connectivity index (χ0v) is 13.0. The molecule has 1 heterocycles. The molecule has 0 radical (unpaired) electrons. The van der Waals surface area contributed by atoms with E-state index in [2.05, 4.69) is 4.98 Å². The number of ether oxygens (including phenoxy) is 1. The van der Waals surface area contributed by atoms with E-state index in [9.17, 15) is 19.7 Å². The summed E-state index contributed by atoms with van der Waals surface area (Å²) in [5.74, 6) is -0.169. The van der Waals surface area contributed by atoms with Crippen LogP contribution in [0.25, 0.3) is 6.08 Å². The molecule has 0 fully saturated rings. The van der Waals surface area contributed by atoms with Crippen LogP contribution < -0.4 is 4.74 Å². The predicted octanol–water partition coefficient (Wildman–Crippen LogP) is 2.08. The average Bonchev–Trinajstić information content (AvgIpc) is 3.02. The van der Waals surface area contributed by atoms with E-state index in [0.29, 0.717) is 28.3 Å². The zero-order chi connectivity index (χ0) is 17.4. The summed E-state index contributed by atoms with van der Waals surface area (Å²) in [7, 11) is 1.51. The normalized spacial score (nSPS) is 14.8. The van der Waals surface area contributed by atoms with Gasteiger partial charge in [0.15, 0.2) is 5.78 Å². The summed E-state index contributed by atoms with van der Waals surface area (Å²) in [6.45, 7) is 1.29. The van der Waals surface area contributed by atoms with E-state index in [1.807, 2.05) is 0 Å². The summed E-state index contributed by atoms with van der Waals surface area (Å²) in [6, 6.07) is 4.93. The van der Waals surface area contributed by atoms with Crippen LogP contribution in [0, 0.1) is 10.1 Å². The van der Waals surface area contributed by atoms with Gasteiger partial charge in [0, 0.05) is 36.1 Å². The lowest BCUT2D eigenvalue weighted by molar-refractivity contribution is -0.391. The molecule has 0 saturated carbocycles. The Morgan fingerprint density at radius 1 is 1.46 bits per heavy atom. The van der Waals surface area contributed by atoms with Gasteiger partial charge in [-0.1, -0.05) is 12.1 Å². The second-order valence-electron chi connectivity index (χ2n) is 5.34. The number of imidazole rings is 1. The van der Waals surface area contributed by atoms with Crippen molar-refractivity contribution in [1.82, 2.24) is 9.55 Å². The molecule has 1 aliphatic rings. The number of ketones is 1. The van der Waals surface area contributed by atoms with Crippen molar-refractivity contribution in [1.29, 1.82) is 0 Å². The number of allylic oxidation sites excluding steroid dienone is 1. The van der Waals surface area contributed by atoms with Crippen molar-refractivity contribution in [2.24, 2.45) is 7.05 Å². The monoisotopic (exact) mass is 327 g/mol. The van der Waals surface area contributed by atoms with E-state index in [4.69, 9.17) is 4.74 Å². The Bertz CT molecular complexity index is 910. The van der Waals surface area contributed by atoms with E-state index < -0.39 is 10.9 Å². The van der Waals surface area contributed by atoms with E-state index >= 15 is 0 Å². The molecule has 0 N–H and O–H groups in total. The van der Waals surface area contributed by atoms with Crippen LogP contribution in [0.4, 0.5) is 5.82 Å². The minimum atomic E-state index is -0.543. The highest BCUT2D eigenvalue weighted by Gasteiger charge is 2.29. The number of nitrogens with zero attached hydrogens (tertiary/aromatic N) is 3. The number of carbonyl (C=O) groups excluding carboxylic acids is 2. The summed E-state index contributed by atoms with van der Waals surface area (Å²) in [4.78, 5) is 38.0. The summed E-state index contributed by atoms with van der Waals surface area (Å²) < 4.78 is 6.44. The number of nitro groups is 1. The summed E-state index contributed by atoms with van der Waals surface area (Å²) >= 11 is 0. The molecule has 0 saturated heterocycles. The molecule has 24 heavy (non-hydrogen) atoms. The fourth-order valence-electron chi connectivity index (χ4n) is 2.65. The molecular formula is C16H13N3O5. The van der Waals surface area contributed by atoms with Crippen LogP contribution in [0.5, 0.6) is 5.75 Å². The Hall–Kier alpha value is -3.29. The van der Waals surface area contributed by atoms with Crippen LogP contribution in [0.2, 0.25) is 0 Å². The maximum atomic E-state index is 12.5. The van der Waals surface area contributed by atoms with Gasteiger partial charge in [-0.2, -0.15) is 0 Å². The molecule has 0 unspecified atom stereocenters. The Morgan fingerprint density at radius 3 is 2.83 bits per heavy atom. The van der Waals surface area contributed by atoms with Gasteiger partial charge in [-0.3, -0.25) is 9.59 Å². The molecule has 0 spiro atoms. The van der Waals surface area contributed by atoms with Crippen LogP contribution in [0.3, 0.4) is 0 Å². The predicted molar refractivity (Wildman–Crippen MR) is 83.6 cm³/mol. The van der Waals surface area contributed by atoms with Gasteiger partial charge in [0.25, 0.3) is 0 Å². The molecule has 2 aromatic rings. The van der Waals surface area contributed by atoms with Crippen molar-refractivity contribution in [2.75, 3.05) is 0 Å². The van der Waals surface area contributed by atoms with Crippen molar-refractivity contribution >= 4 is 23.6 Å². The Morgan fingerprint density at radius 2 is 2.21 bits per heavy atom. The quantitative estimate of drug-likeness (QED) is 0.281. The molecule has 1 aromatic heterocycles. The highest BCUT2D eigenvalue weighted by molar-refractivity contribution is 6.16. The maximum Gasteiger partial charge on any atom is 0.342 e. The van der Waals surface area contributed by atoms with Crippen LogP contribution in [0.1, 0.15) is 28.7 Å². The number of benzene rings is 1. The van der Waals surface area contributed by atoms with Gasteiger partial charge in [0.1, 0.15) is 11.9 Å². The fraction of sp³-hybridized carbons (Fsp3) is 0.188. The minimum Gasteiger partial charge on any atom is -0.426 e. The number of hydrogen-bond acceptors (Lipinski definition) is 6. The van der Waals surface area contributed by atoms with Crippen molar-refractivity contribution in [2.45, 2.75) is 13.3 Å². The topological polar surface area (TPSA) is 104 Å². The Labute approximate surface area is 136 Å². The Kier molecular flexibility index (Phi) is 3.72. The second-order valence-corrected chi connectivity index (χ2v) is 5.34. The second kappa shape index (κ2) is 5.73. The molecule has 8 heteroatoms. The molecule has 0 amide bonds. The van der Waals surface area contributed by atoms with Crippen LogP contribution in [0.15, 0.2) is 30.0 Å². The zero-order valence-electron chi connectivity index (χ0n) is 13.0. The van der Waals surface area contributed by atoms with E-state index in [-0.39, 0.29) is 18.0 Å². The average molecular weight is 327 g/mol. The number of hydrogen-bond donors (Lipinski definition) is 0. The van der Waals surface area contributed by atoms with Crippen LogP contribution in [-0.2, 0) is 18.3 Å². The first-order valence-corrected chi connectivity index (χ1v) is 7.10. The van der Waals surface area contributed by atoms with Gasteiger partial charge >= 0.3 is 11.8 Å². The number of esters is 1. The van der Waals surface area contributed by atoms with Crippen molar-refractivity contribution in [3.8, 4) is 5.75 Å². The lowest BCUT2D eigenvalue weighted by Crippen LogP contribution is -2.03. The van der Waals surface area contributed by atoms with E-state index in [1.54, 1.807) is 18.2 Å². The molecule has 1 aromatic carbocycles. The number of aromatic nitrogens is 2. The molecule has 0 bridgehead atoms. The summed E-state index contributed by atoms with van der Waals surface area (Å²) in [5.41, 5.74) is 1.53. The molecule has 122 valence electrons. The first-order chi connectivity index (χ1) is 11.4. The summed E-state index contributed by atoms with van der Waals surface area (Å²) in [6.07, 6.45) is 2.94. The van der Waals surface area contributed by atoms with Crippen LogP contribution >= 0.6 is 0 Å². The number of carbonyl (C=O) groups is 2. The number of Topliss-reactive ketones (excluding diaryl/α,β-unsaturated/α-hetero) is 1. The first kappa shape index (κ1) is 15.6. The van der Waals surface area contributed by atoms with Gasteiger partial charge in [-0.25, -0.2) is 9.55 Å². The third-order valence-corrected chi connectivity index (χ3v) is 3.78. The van der Waals surface area contributed by atoms with Crippen molar-refractivity contribution in [3.05, 3.63) is 57.0 Å². The maximum absolute atomic E-state index is 12.5. The van der Waals surface area contributed by atoms with Gasteiger partial charge in [-0.05, 0) is 11.0 Å². The largest absolute Gasteiger partial charge is 0.426 e. The van der Waals surface area contributed by atoms with Gasteiger partial charge in [-0.15, -0.1) is 0 Å². The van der Waals surface area contributed by atoms with Crippen LogP contribution in [-0.4, -0.2) is 26.2 Å². The van der Waals surface area contributed by atoms with Crippen molar-refractivity contribution in [3.63, 3.8) is 0 Å². The SMILES string of the molecule is CC(=O)Oc1cccc2c1CC(=Cc1ncc([N+](=O)[O-])n1C)C2=O. The van der Waals surface area contributed by atoms with Gasteiger partial charge in [0.2, 0.25) is 5.82 Å². The first-order valence-electron chi connectivity index (χ1n) is 7.10. The van der Waals surface area contributed by atoms with Gasteiger partial charge < -0.3 is 14.9 Å². The highest BCUT2D eigenvalue weighted by atomic mass is 16.6. The fourth-order valence-corrected chi connectivity index (χ4v) is 2.65. The lowest BCUT2D eigenvalue weighted by atomic mass is 10.1. The lowest BCUT2D eigenvalue weighted by Gasteiger charge is -2.05. The summed E-state index contributed by atoms with van der Waals surface area (Å²) in [5, 5.41) is 10.9. The third kappa shape index (κ3) is 2.58. The molecule has 0 atom stereocenters. The molecule has 1 aliphatic carbocycles. The third-order valence-electron chi connectivity index (χ3n) is 3.78. The molecule has 8 nitrogen and oxygen atoms in total. The number of rotatable bonds is 3. The van der Waals surface area contributed by atoms with Crippen molar-refractivity contribution < 1.29 is 19.2 Å².